The molecule has 0 atom stereocenters. The fourth-order valence-corrected chi connectivity index (χ4v) is 2.19. The molecule has 0 saturated carbocycles. The molecule has 6 heteroatoms. The average Bonchev–Trinajstić information content (AvgIpc) is 2.63. The molecule has 2 aromatic carbocycles. The van der Waals surface area contributed by atoms with Crippen LogP contribution in [0.25, 0.3) is 0 Å². The summed E-state index contributed by atoms with van der Waals surface area (Å²) in [5, 5.41) is 2.73. The number of carbonyl (C=O) groups excluding carboxylic acids is 2. The Morgan fingerprint density at radius 1 is 1.00 bits per heavy atom. The quantitative estimate of drug-likeness (QED) is 0.580. The second-order valence-electron chi connectivity index (χ2n) is 5.81. The monoisotopic (exact) mass is 357 g/mol. The van der Waals surface area contributed by atoms with E-state index in [1.165, 1.54) is 7.11 Å². The van der Waals surface area contributed by atoms with Crippen molar-refractivity contribution >= 4 is 17.6 Å². The molecule has 2 aromatic rings. The van der Waals surface area contributed by atoms with Crippen molar-refractivity contribution in [1.29, 1.82) is 0 Å². The van der Waals surface area contributed by atoms with Crippen molar-refractivity contribution in [3.05, 3.63) is 59.2 Å². The van der Waals surface area contributed by atoms with E-state index >= 15 is 0 Å². The molecule has 0 heterocycles. The minimum absolute atomic E-state index is 0.0922. The lowest BCUT2D eigenvalue weighted by Crippen LogP contribution is -2.20. The maximum absolute atomic E-state index is 12.0. The van der Waals surface area contributed by atoms with E-state index in [4.69, 9.17) is 14.2 Å². The summed E-state index contributed by atoms with van der Waals surface area (Å²) in [5.41, 5.74) is 3.03. The summed E-state index contributed by atoms with van der Waals surface area (Å²) < 4.78 is 15.4. The lowest BCUT2D eigenvalue weighted by Gasteiger charge is -2.10. The Morgan fingerprint density at radius 3 is 2.42 bits per heavy atom. The summed E-state index contributed by atoms with van der Waals surface area (Å²) in [6.07, 6.45) is 0. The molecular weight excluding hydrogens is 334 g/mol. The molecule has 0 unspecified atom stereocenters. The Kier molecular flexibility index (Phi) is 7.17. The molecule has 0 saturated heterocycles. The van der Waals surface area contributed by atoms with Crippen LogP contribution in [0.1, 0.15) is 21.5 Å². The van der Waals surface area contributed by atoms with E-state index in [0.29, 0.717) is 23.6 Å². The highest BCUT2D eigenvalue weighted by Crippen LogP contribution is 2.19. The van der Waals surface area contributed by atoms with E-state index < -0.39 is 5.97 Å². The summed E-state index contributed by atoms with van der Waals surface area (Å²) in [5.74, 6) is -0.0196. The zero-order chi connectivity index (χ0) is 18.9. The highest BCUT2D eigenvalue weighted by Gasteiger charge is 2.09. The number of carbonyl (C=O) groups is 2. The number of aryl methyl sites for hydroxylation is 2. The minimum atomic E-state index is -0.432. The number of benzene rings is 2. The van der Waals surface area contributed by atoms with Gasteiger partial charge < -0.3 is 19.5 Å². The first-order chi connectivity index (χ1) is 12.5. The van der Waals surface area contributed by atoms with Gasteiger partial charge in [0.1, 0.15) is 12.4 Å². The normalized spacial score (nSPS) is 10.3. The first-order valence-electron chi connectivity index (χ1n) is 8.25. The van der Waals surface area contributed by atoms with Crippen LogP contribution in [0.2, 0.25) is 0 Å². The van der Waals surface area contributed by atoms with Gasteiger partial charge in [-0.15, -0.1) is 0 Å². The Morgan fingerprint density at radius 2 is 1.73 bits per heavy atom. The van der Waals surface area contributed by atoms with Gasteiger partial charge in [0.15, 0.2) is 6.61 Å². The topological polar surface area (TPSA) is 73.9 Å². The van der Waals surface area contributed by atoms with Gasteiger partial charge in [0.25, 0.3) is 5.91 Å². The van der Waals surface area contributed by atoms with Crippen molar-refractivity contribution in [2.45, 2.75) is 13.8 Å². The summed E-state index contributed by atoms with van der Waals surface area (Å²) in [4.78, 5) is 23.8. The van der Waals surface area contributed by atoms with Crippen molar-refractivity contribution in [1.82, 2.24) is 0 Å². The van der Waals surface area contributed by atoms with Crippen molar-refractivity contribution < 1.29 is 23.8 Å². The maximum Gasteiger partial charge on any atom is 0.338 e. The molecule has 1 amide bonds. The number of hydrogen-bond donors (Lipinski definition) is 1. The standard InChI is InChI=1S/C20H23NO5/c1-14-4-5-15(2)18(12-14)26-13-19(22)21-17-8-6-16(7-9-17)20(23)25-11-10-24-3/h4-9,12H,10-11,13H2,1-3H3,(H,21,22). The van der Waals surface area contributed by atoms with Crippen LogP contribution in [-0.2, 0) is 14.3 Å². The van der Waals surface area contributed by atoms with E-state index in [1.54, 1.807) is 24.3 Å². The lowest BCUT2D eigenvalue weighted by atomic mass is 10.1. The number of nitrogens with one attached hydrogen (secondary N) is 1. The summed E-state index contributed by atoms with van der Waals surface area (Å²) in [7, 11) is 1.54. The third kappa shape index (κ3) is 5.89. The number of anilines is 1. The van der Waals surface area contributed by atoms with E-state index in [-0.39, 0.29) is 19.1 Å². The molecule has 138 valence electrons. The molecule has 0 aliphatic heterocycles. The predicted molar refractivity (Wildman–Crippen MR) is 98.6 cm³/mol. The van der Waals surface area contributed by atoms with Crippen LogP contribution in [0.3, 0.4) is 0 Å². The summed E-state index contributed by atoms with van der Waals surface area (Å²) in [6.45, 7) is 4.35. The summed E-state index contributed by atoms with van der Waals surface area (Å²) >= 11 is 0. The number of methoxy groups -OCH3 is 1. The average molecular weight is 357 g/mol. The van der Waals surface area contributed by atoms with Crippen LogP contribution < -0.4 is 10.1 Å². The number of ether oxygens (including phenoxy) is 3. The molecule has 0 radical (unpaired) electrons. The van der Waals surface area contributed by atoms with Crippen LogP contribution in [0.5, 0.6) is 5.75 Å². The highest BCUT2D eigenvalue weighted by molar-refractivity contribution is 5.93. The molecule has 0 aromatic heterocycles. The third-order valence-corrected chi connectivity index (χ3v) is 3.63. The molecule has 0 spiro atoms. The maximum atomic E-state index is 12.0. The van der Waals surface area contributed by atoms with Crippen LogP contribution >= 0.6 is 0 Å². The van der Waals surface area contributed by atoms with Gasteiger partial charge in [-0.2, -0.15) is 0 Å². The van der Waals surface area contributed by atoms with Crippen molar-refractivity contribution in [2.24, 2.45) is 0 Å². The number of hydrogen-bond acceptors (Lipinski definition) is 5. The molecule has 1 N–H and O–H groups in total. The second kappa shape index (κ2) is 9.58. The fraction of sp³-hybridized carbons (Fsp3) is 0.300. The molecular formula is C20H23NO5. The van der Waals surface area contributed by atoms with E-state index in [9.17, 15) is 9.59 Å². The number of amides is 1. The first kappa shape index (κ1) is 19.5. The van der Waals surface area contributed by atoms with Crippen LogP contribution in [0.15, 0.2) is 42.5 Å². The van der Waals surface area contributed by atoms with Crippen LogP contribution in [0.4, 0.5) is 5.69 Å². The Hall–Kier alpha value is -2.86. The molecule has 26 heavy (non-hydrogen) atoms. The second-order valence-corrected chi connectivity index (χ2v) is 5.81. The van der Waals surface area contributed by atoms with Crippen molar-refractivity contribution in [3.63, 3.8) is 0 Å². The lowest BCUT2D eigenvalue weighted by molar-refractivity contribution is -0.118. The molecule has 2 rings (SSSR count). The van der Waals surface area contributed by atoms with Gasteiger partial charge in [-0.3, -0.25) is 4.79 Å². The van der Waals surface area contributed by atoms with E-state index in [1.807, 2.05) is 32.0 Å². The van der Waals surface area contributed by atoms with E-state index in [2.05, 4.69) is 5.32 Å². The SMILES string of the molecule is COCCOC(=O)c1ccc(NC(=O)COc2cc(C)ccc2C)cc1. The molecule has 0 aliphatic rings. The van der Waals surface area contributed by atoms with Gasteiger partial charge >= 0.3 is 5.97 Å². The van der Waals surface area contributed by atoms with Crippen molar-refractivity contribution in [3.8, 4) is 5.75 Å². The highest BCUT2D eigenvalue weighted by atomic mass is 16.6. The summed E-state index contributed by atoms with van der Waals surface area (Å²) in [6, 6.07) is 12.3. The zero-order valence-electron chi connectivity index (χ0n) is 15.2. The van der Waals surface area contributed by atoms with E-state index in [0.717, 1.165) is 11.1 Å². The molecule has 0 bridgehead atoms. The van der Waals surface area contributed by atoms with Gasteiger partial charge in [-0.25, -0.2) is 4.79 Å². The van der Waals surface area contributed by atoms with Gasteiger partial charge in [-0.1, -0.05) is 12.1 Å². The first-order valence-corrected chi connectivity index (χ1v) is 8.25. The Balaban J connectivity index is 1.85. The van der Waals surface area contributed by atoms with Crippen molar-refractivity contribution in [2.75, 3.05) is 32.2 Å². The molecule has 6 nitrogen and oxygen atoms in total. The minimum Gasteiger partial charge on any atom is -0.483 e. The number of rotatable bonds is 8. The number of esters is 1. The smallest absolute Gasteiger partial charge is 0.338 e. The van der Waals surface area contributed by atoms with Crippen LogP contribution in [0, 0.1) is 13.8 Å². The van der Waals surface area contributed by atoms with Gasteiger partial charge in [0.2, 0.25) is 0 Å². The van der Waals surface area contributed by atoms with Gasteiger partial charge in [0, 0.05) is 12.8 Å². The van der Waals surface area contributed by atoms with Gasteiger partial charge in [-0.05, 0) is 55.3 Å². The molecule has 0 fully saturated rings. The largest absolute Gasteiger partial charge is 0.483 e. The molecule has 0 aliphatic carbocycles. The Labute approximate surface area is 153 Å². The van der Waals surface area contributed by atoms with Crippen LogP contribution in [-0.4, -0.2) is 38.8 Å². The zero-order valence-corrected chi connectivity index (χ0v) is 15.2. The predicted octanol–water partition coefficient (Wildman–Crippen LogP) is 3.12. The fourth-order valence-electron chi connectivity index (χ4n) is 2.19. The Bertz CT molecular complexity index is 755. The van der Waals surface area contributed by atoms with Gasteiger partial charge in [0.05, 0.1) is 12.2 Å². The third-order valence-electron chi connectivity index (χ3n) is 3.63.